The van der Waals surface area contributed by atoms with Crippen LogP contribution in [0.2, 0.25) is 5.02 Å². The number of benzene rings is 1. The van der Waals surface area contributed by atoms with E-state index in [1.54, 1.807) is 19.2 Å². The Labute approximate surface area is 169 Å². The number of carbonyl (C=O) groups is 1. The Morgan fingerprint density at radius 3 is 2.71 bits per heavy atom. The minimum atomic E-state index is -0.212. The molecule has 8 heteroatoms. The predicted molar refractivity (Wildman–Crippen MR) is 109 cm³/mol. The van der Waals surface area contributed by atoms with Gasteiger partial charge >= 0.3 is 0 Å². The topological polar surface area (TPSA) is 76.5 Å². The van der Waals surface area contributed by atoms with E-state index in [9.17, 15) is 9.59 Å². The average molecular weight is 405 g/mol. The standard InChI is InChI=1S/C20H25ClN4O3/c1-14-3-4-16(13-17(14)21)25-19(26)6-5-18(23-25)24-10-7-15(8-11-24)20(27)22-9-12-28-2/h3-6,13,15H,7-12H2,1-2H3,(H,22,27). The van der Waals surface area contributed by atoms with Gasteiger partial charge in [0.05, 0.1) is 12.3 Å². The molecule has 1 aliphatic rings. The number of aromatic nitrogens is 2. The van der Waals surface area contributed by atoms with Crippen LogP contribution in [0.4, 0.5) is 5.82 Å². The van der Waals surface area contributed by atoms with Crippen molar-refractivity contribution in [1.82, 2.24) is 15.1 Å². The number of methoxy groups -OCH3 is 1. The smallest absolute Gasteiger partial charge is 0.271 e. The predicted octanol–water partition coefficient (Wildman–Crippen LogP) is 2.17. The first kappa shape index (κ1) is 20.4. The van der Waals surface area contributed by atoms with Gasteiger partial charge in [0.25, 0.3) is 5.56 Å². The summed E-state index contributed by atoms with van der Waals surface area (Å²) >= 11 is 6.20. The summed E-state index contributed by atoms with van der Waals surface area (Å²) in [6.45, 7) is 4.37. The molecular weight excluding hydrogens is 380 g/mol. The van der Waals surface area contributed by atoms with Gasteiger partial charge in [0.15, 0.2) is 0 Å². The normalized spacial score (nSPS) is 14.9. The molecule has 2 aromatic rings. The Morgan fingerprint density at radius 1 is 1.29 bits per heavy atom. The molecule has 0 saturated carbocycles. The van der Waals surface area contributed by atoms with Crippen LogP contribution >= 0.6 is 11.6 Å². The van der Waals surface area contributed by atoms with Crippen LogP contribution < -0.4 is 15.8 Å². The van der Waals surface area contributed by atoms with Crippen molar-refractivity contribution in [2.24, 2.45) is 5.92 Å². The lowest BCUT2D eigenvalue weighted by Crippen LogP contribution is -2.42. The first-order valence-electron chi connectivity index (χ1n) is 9.38. The molecule has 0 spiro atoms. The van der Waals surface area contributed by atoms with Gasteiger partial charge in [-0.25, -0.2) is 0 Å². The zero-order chi connectivity index (χ0) is 20.1. The maximum Gasteiger partial charge on any atom is 0.271 e. The van der Waals surface area contributed by atoms with E-state index < -0.39 is 0 Å². The fourth-order valence-electron chi connectivity index (χ4n) is 3.26. The molecule has 1 amide bonds. The maximum atomic E-state index is 12.3. The number of hydrogen-bond donors (Lipinski definition) is 1. The zero-order valence-corrected chi connectivity index (χ0v) is 16.9. The van der Waals surface area contributed by atoms with Crippen molar-refractivity contribution in [3.8, 4) is 5.69 Å². The Bertz CT molecular complexity index is 891. The van der Waals surface area contributed by atoms with Crippen molar-refractivity contribution in [1.29, 1.82) is 0 Å². The molecule has 1 N–H and O–H groups in total. The van der Waals surface area contributed by atoms with Crippen LogP contribution in [-0.2, 0) is 9.53 Å². The van der Waals surface area contributed by atoms with Crippen molar-refractivity contribution in [3.63, 3.8) is 0 Å². The summed E-state index contributed by atoms with van der Waals surface area (Å²) < 4.78 is 6.32. The molecule has 1 aliphatic heterocycles. The highest BCUT2D eigenvalue weighted by atomic mass is 35.5. The second kappa shape index (κ2) is 9.21. The van der Waals surface area contributed by atoms with Crippen LogP contribution in [0, 0.1) is 12.8 Å². The summed E-state index contributed by atoms with van der Waals surface area (Å²) in [5.74, 6) is 0.786. The molecule has 1 aromatic heterocycles. The van der Waals surface area contributed by atoms with Crippen LogP contribution in [0.15, 0.2) is 35.1 Å². The molecule has 0 radical (unpaired) electrons. The number of hydrogen-bond acceptors (Lipinski definition) is 5. The van der Waals surface area contributed by atoms with Gasteiger partial charge in [-0.05, 0) is 43.5 Å². The number of ether oxygens (including phenoxy) is 1. The van der Waals surface area contributed by atoms with Crippen LogP contribution in [0.1, 0.15) is 18.4 Å². The lowest BCUT2D eigenvalue weighted by atomic mass is 9.96. The highest BCUT2D eigenvalue weighted by Gasteiger charge is 2.25. The van der Waals surface area contributed by atoms with E-state index >= 15 is 0 Å². The number of nitrogens with one attached hydrogen (secondary N) is 1. The number of anilines is 1. The van der Waals surface area contributed by atoms with Gasteiger partial charge in [-0.1, -0.05) is 17.7 Å². The highest BCUT2D eigenvalue weighted by molar-refractivity contribution is 6.31. The van der Waals surface area contributed by atoms with Gasteiger partial charge in [-0.15, -0.1) is 5.10 Å². The van der Waals surface area contributed by atoms with Gasteiger partial charge < -0.3 is 15.0 Å². The molecule has 3 rings (SSSR count). The molecule has 7 nitrogen and oxygen atoms in total. The van der Waals surface area contributed by atoms with E-state index in [1.807, 2.05) is 19.1 Å². The van der Waals surface area contributed by atoms with E-state index in [-0.39, 0.29) is 17.4 Å². The number of amides is 1. The summed E-state index contributed by atoms with van der Waals surface area (Å²) in [5, 5.41) is 8.02. The molecular formula is C20H25ClN4O3. The van der Waals surface area contributed by atoms with Gasteiger partial charge in [0.1, 0.15) is 5.82 Å². The number of carbonyl (C=O) groups excluding carboxylic acids is 1. The molecule has 0 bridgehead atoms. The summed E-state index contributed by atoms with van der Waals surface area (Å²) in [6, 6.07) is 8.68. The first-order valence-corrected chi connectivity index (χ1v) is 9.76. The number of halogens is 1. The van der Waals surface area contributed by atoms with Crippen molar-refractivity contribution in [3.05, 3.63) is 51.3 Å². The third kappa shape index (κ3) is 4.72. The average Bonchev–Trinajstić information content (AvgIpc) is 2.71. The summed E-state index contributed by atoms with van der Waals surface area (Å²) in [7, 11) is 1.61. The van der Waals surface area contributed by atoms with Gasteiger partial charge in [0, 0.05) is 43.8 Å². The lowest BCUT2D eigenvalue weighted by Gasteiger charge is -2.32. The van der Waals surface area contributed by atoms with Crippen LogP contribution in [-0.4, -0.2) is 49.0 Å². The Kier molecular flexibility index (Phi) is 6.70. The summed E-state index contributed by atoms with van der Waals surface area (Å²) in [6.07, 6.45) is 1.49. The number of nitrogens with zero attached hydrogens (tertiary/aromatic N) is 3. The van der Waals surface area contributed by atoms with Crippen LogP contribution in [0.5, 0.6) is 0 Å². The first-order chi connectivity index (χ1) is 13.5. The quantitative estimate of drug-likeness (QED) is 0.747. The Balaban J connectivity index is 1.69. The monoisotopic (exact) mass is 404 g/mol. The second-order valence-corrected chi connectivity index (χ2v) is 7.33. The fraction of sp³-hybridized carbons (Fsp3) is 0.450. The zero-order valence-electron chi connectivity index (χ0n) is 16.2. The third-order valence-electron chi connectivity index (χ3n) is 4.98. The van der Waals surface area contributed by atoms with Gasteiger partial charge in [0.2, 0.25) is 5.91 Å². The van der Waals surface area contributed by atoms with Crippen LogP contribution in [0.25, 0.3) is 5.69 Å². The van der Waals surface area contributed by atoms with Gasteiger partial charge in [-0.3, -0.25) is 9.59 Å². The molecule has 2 heterocycles. The fourth-order valence-corrected chi connectivity index (χ4v) is 3.43. The number of aryl methyl sites for hydroxylation is 1. The molecule has 150 valence electrons. The van der Waals surface area contributed by atoms with Crippen LogP contribution in [0.3, 0.4) is 0 Å². The van der Waals surface area contributed by atoms with Crippen molar-refractivity contribution >= 4 is 23.3 Å². The summed E-state index contributed by atoms with van der Waals surface area (Å²) in [5.41, 5.74) is 1.37. The van der Waals surface area contributed by atoms with Crippen molar-refractivity contribution < 1.29 is 9.53 Å². The SMILES string of the molecule is COCCNC(=O)C1CCN(c2ccc(=O)n(-c3ccc(C)c(Cl)c3)n2)CC1. The molecule has 1 aromatic carbocycles. The Morgan fingerprint density at radius 2 is 2.04 bits per heavy atom. The van der Waals surface area contributed by atoms with Crippen molar-refractivity contribution in [2.75, 3.05) is 38.3 Å². The minimum absolute atomic E-state index is 0.00471. The number of piperidine rings is 1. The molecule has 0 aliphatic carbocycles. The van der Waals surface area contributed by atoms with E-state index in [2.05, 4.69) is 15.3 Å². The third-order valence-corrected chi connectivity index (χ3v) is 5.39. The lowest BCUT2D eigenvalue weighted by molar-refractivity contribution is -0.125. The number of rotatable bonds is 6. The molecule has 1 fully saturated rings. The van der Waals surface area contributed by atoms with Crippen molar-refractivity contribution in [2.45, 2.75) is 19.8 Å². The largest absolute Gasteiger partial charge is 0.383 e. The highest BCUT2D eigenvalue weighted by Crippen LogP contribution is 2.22. The van der Waals surface area contributed by atoms with E-state index in [0.29, 0.717) is 37.0 Å². The van der Waals surface area contributed by atoms with E-state index in [4.69, 9.17) is 16.3 Å². The second-order valence-electron chi connectivity index (χ2n) is 6.92. The minimum Gasteiger partial charge on any atom is -0.383 e. The van der Waals surface area contributed by atoms with E-state index in [1.165, 1.54) is 10.7 Å². The molecule has 1 saturated heterocycles. The molecule has 0 unspecified atom stereocenters. The van der Waals surface area contributed by atoms with E-state index in [0.717, 1.165) is 24.2 Å². The van der Waals surface area contributed by atoms with Gasteiger partial charge in [-0.2, -0.15) is 4.68 Å². The Hall–Kier alpha value is -2.38. The molecule has 0 atom stereocenters. The molecule has 28 heavy (non-hydrogen) atoms. The maximum absolute atomic E-state index is 12.3. The summed E-state index contributed by atoms with van der Waals surface area (Å²) in [4.78, 5) is 26.6.